The highest BCUT2D eigenvalue weighted by Gasteiger charge is 2.15. The summed E-state index contributed by atoms with van der Waals surface area (Å²) < 4.78 is 11.8. The lowest BCUT2D eigenvalue weighted by Gasteiger charge is -2.23. The van der Waals surface area contributed by atoms with Gasteiger partial charge in [0.15, 0.2) is 5.43 Å². The average molecular weight is 287 g/mol. The number of nitrogens with one attached hydrogen (secondary N) is 1. The molecule has 1 saturated heterocycles. The molecule has 0 saturated carbocycles. The lowest BCUT2D eigenvalue weighted by Crippen LogP contribution is -2.34. The Morgan fingerprint density at radius 2 is 2.00 bits per heavy atom. The first-order valence-corrected chi connectivity index (χ1v) is 7.58. The van der Waals surface area contributed by atoms with Crippen molar-refractivity contribution in [3.8, 4) is 5.75 Å². The molecule has 1 aromatic heterocycles. The quantitative estimate of drug-likeness (QED) is 0.942. The summed E-state index contributed by atoms with van der Waals surface area (Å²) in [4.78, 5) is 12.2. The van der Waals surface area contributed by atoms with Crippen LogP contribution >= 0.6 is 0 Å². The van der Waals surface area contributed by atoms with Crippen molar-refractivity contribution in [1.29, 1.82) is 0 Å². The molecule has 1 aromatic carbocycles. The molecule has 0 radical (unpaired) electrons. The fraction of sp³-hybridized carbons (Fsp3) is 0.471. The average Bonchev–Trinajstić information content (AvgIpc) is 2.48. The van der Waals surface area contributed by atoms with Gasteiger partial charge in [-0.1, -0.05) is 13.8 Å². The van der Waals surface area contributed by atoms with Crippen molar-refractivity contribution in [2.45, 2.75) is 38.7 Å². The molecule has 1 N–H and O–H groups in total. The van der Waals surface area contributed by atoms with E-state index in [1.807, 2.05) is 26.0 Å². The maximum absolute atomic E-state index is 12.2. The predicted octanol–water partition coefficient (Wildman–Crippen LogP) is 3.05. The van der Waals surface area contributed by atoms with Gasteiger partial charge in [0.25, 0.3) is 0 Å². The molecular formula is C17H21NO3. The van der Waals surface area contributed by atoms with Crippen LogP contribution in [0.5, 0.6) is 5.75 Å². The third kappa shape index (κ3) is 3.10. The van der Waals surface area contributed by atoms with Crippen molar-refractivity contribution in [2.75, 3.05) is 13.1 Å². The Morgan fingerprint density at radius 1 is 1.24 bits per heavy atom. The maximum atomic E-state index is 12.2. The van der Waals surface area contributed by atoms with Crippen molar-refractivity contribution in [2.24, 2.45) is 0 Å². The summed E-state index contributed by atoms with van der Waals surface area (Å²) in [5, 5.41) is 3.90. The van der Waals surface area contributed by atoms with Crippen LogP contribution in [0.25, 0.3) is 11.0 Å². The summed E-state index contributed by atoms with van der Waals surface area (Å²) in [7, 11) is 0. The van der Waals surface area contributed by atoms with Gasteiger partial charge in [0.2, 0.25) is 0 Å². The number of piperidine rings is 1. The zero-order chi connectivity index (χ0) is 14.8. The minimum Gasteiger partial charge on any atom is -0.490 e. The van der Waals surface area contributed by atoms with Gasteiger partial charge in [-0.15, -0.1) is 0 Å². The Kier molecular flexibility index (Phi) is 3.97. The molecule has 1 aliphatic rings. The van der Waals surface area contributed by atoms with E-state index >= 15 is 0 Å². The van der Waals surface area contributed by atoms with E-state index in [9.17, 15) is 4.79 Å². The van der Waals surface area contributed by atoms with E-state index in [2.05, 4.69) is 5.32 Å². The summed E-state index contributed by atoms with van der Waals surface area (Å²) in [5.74, 6) is 1.67. The highest BCUT2D eigenvalue weighted by Crippen LogP contribution is 2.24. The topological polar surface area (TPSA) is 51.5 Å². The van der Waals surface area contributed by atoms with E-state index in [0.717, 1.165) is 37.4 Å². The lowest BCUT2D eigenvalue weighted by atomic mass is 10.1. The van der Waals surface area contributed by atoms with E-state index in [0.29, 0.717) is 11.0 Å². The van der Waals surface area contributed by atoms with Gasteiger partial charge in [0, 0.05) is 12.0 Å². The van der Waals surface area contributed by atoms with Crippen LogP contribution in [0.4, 0.5) is 0 Å². The van der Waals surface area contributed by atoms with Gasteiger partial charge in [-0.05, 0) is 44.1 Å². The van der Waals surface area contributed by atoms with Gasteiger partial charge >= 0.3 is 0 Å². The van der Waals surface area contributed by atoms with E-state index in [4.69, 9.17) is 9.15 Å². The molecule has 1 fully saturated rings. The largest absolute Gasteiger partial charge is 0.490 e. The van der Waals surface area contributed by atoms with Crippen molar-refractivity contribution in [3.05, 3.63) is 40.2 Å². The Balaban J connectivity index is 1.91. The van der Waals surface area contributed by atoms with Crippen LogP contribution in [-0.4, -0.2) is 19.2 Å². The number of fused-ring (bicyclic) bond motifs is 1. The van der Waals surface area contributed by atoms with E-state index in [-0.39, 0.29) is 17.5 Å². The molecule has 21 heavy (non-hydrogen) atoms. The molecule has 2 aromatic rings. The molecule has 3 rings (SSSR count). The first-order chi connectivity index (χ1) is 10.1. The van der Waals surface area contributed by atoms with Gasteiger partial charge in [0.05, 0.1) is 5.39 Å². The third-order valence-corrected chi connectivity index (χ3v) is 3.88. The number of hydrogen-bond acceptors (Lipinski definition) is 4. The summed E-state index contributed by atoms with van der Waals surface area (Å²) >= 11 is 0. The maximum Gasteiger partial charge on any atom is 0.193 e. The van der Waals surface area contributed by atoms with E-state index in [1.165, 1.54) is 0 Å². The van der Waals surface area contributed by atoms with Crippen LogP contribution in [-0.2, 0) is 0 Å². The highest BCUT2D eigenvalue weighted by atomic mass is 16.5. The van der Waals surface area contributed by atoms with Gasteiger partial charge in [0.1, 0.15) is 23.2 Å². The van der Waals surface area contributed by atoms with Crippen molar-refractivity contribution >= 4 is 11.0 Å². The first kappa shape index (κ1) is 14.1. The Morgan fingerprint density at radius 3 is 2.71 bits per heavy atom. The van der Waals surface area contributed by atoms with E-state index < -0.39 is 0 Å². The molecule has 1 aliphatic heterocycles. The molecule has 0 unspecified atom stereocenters. The fourth-order valence-corrected chi connectivity index (χ4v) is 2.62. The number of hydrogen-bond donors (Lipinski definition) is 1. The van der Waals surface area contributed by atoms with Gasteiger partial charge in [-0.2, -0.15) is 0 Å². The number of ether oxygens (including phenoxy) is 1. The molecule has 2 heterocycles. The summed E-state index contributed by atoms with van der Waals surface area (Å²) in [6, 6.07) is 7.10. The molecule has 0 aliphatic carbocycles. The van der Waals surface area contributed by atoms with Crippen molar-refractivity contribution in [3.63, 3.8) is 0 Å². The van der Waals surface area contributed by atoms with E-state index in [1.54, 1.807) is 12.1 Å². The minimum atomic E-state index is -0.00397. The van der Waals surface area contributed by atoms with Gasteiger partial charge in [-0.25, -0.2) is 0 Å². The molecule has 0 amide bonds. The molecule has 112 valence electrons. The number of rotatable bonds is 3. The second-order valence-corrected chi connectivity index (χ2v) is 5.89. The SMILES string of the molecule is CC(C)c1cc(=O)c2cc(OC3CCNCC3)ccc2o1. The Hall–Kier alpha value is -1.81. The van der Waals surface area contributed by atoms with Crippen molar-refractivity contribution < 1.29 is 9.15 Å². The minimum absolute atomic E-state index is 0.00397. The van der Waals surface area contributed by atoms with Crippen LogP contribution in [0.1, 0.15) is 38.4 Å². The first-order valence-electron chi connectivity index (χ1n) is 7.58. The summed E-state index contributed by atoms with van der Waals surface area (Å²) in [6.45, 7) is 5.99. The fourth-order valence-electron chi connectivity index (χ4n) is 2.62. The smallest absolute Gasteiger partial charge is 0.193 e. The normalized spacial score (nSPS) is 16.5. The predicted molar refractivity (Wildman–Crippen MR) is 83.1 cm³/mol. The van der Waals surface area contributed by atoms with Gasteiger partial charge in [-0.3, -0.25) is 4.79 Å². The van der Waals surface area contributed by atoms with Crippen molar-refractivity contribution in [1.82, 2.24) is 5.32 Å². The lowest BCUT2D eigenvalue weighted by molar-refractivity contribution is 0.162. The highest BCUT2D eigenvalue weighted by molar-refractivity contribution is 5.78. The van der Waals surface area contributed by atoms with Crippen LogP contribution in [0.3, 0.4) is 0 Å². The molecule has 4 heteroatoms. The zero-order valence-corrected chi connectivity index (χ0v) is 12.5. The second-order valence-electron chi connectivity index (χ2n) is 5.89. The van der Waals surface area contributed by atoms with Crippen LogP contribution in [0.2, 0.25) is 0 Å². The summed E-state index contributed by atoms with van der Waals surface area (Å²) in [5.41, 5.74) is 0.625. The molecular weight excluding hydrogens is 266 g/mol. The van der Waals surface area contributed by atoms with Crippen LogP contribution < -0.4 is 15.5 Å². The monoisotopic (exact) mass is 287 g/mol. The van der Waals surface area contributed by atoms with Crippen LogP contribution in [0.15, 0.2) is 33.5 Å². The standard InChI is InChI=1S/C17H21NO3/c1-11(2)17-10-15(19)14-9-13(3-4-16(14)21-17)20-12-5-7-18-8-6-12/h3-4,9-12,18H,5-8H2,1-2H3. The van der Waals surface area contributed by atoms with Gasteiger partial charge < -0.3 is 14.5 Å². The molecule has 0 bridgehead atoms. The second kappa shape index (κ2) is 5.90. The third-order valence-electron chi connectivity index (χ3n) is 3.88. The number of benzene rings is 1. The summed E-state index contributed by atoms with van der Waals surface area (Å²) in [6.07, 6.45) is 2.23. The molecule has 0 atom stereocenters. The van der Waals surface area contributed by atoms with Crippen LogP contribution in [0, 0.1) is 0 Å². The Bertz CT molecular complexity index is 684. The molecule has 0 spiro atoms. The molecule has 4 nitrogen and oxygen atoms in total. The Labute approximate surface area is 124 Å². The zero-order valence-electron chi connectivity index (χ0n) is 12.5.